The Morgan fingerprint density at radius 1 is 1.19 bits per heavy atom. The van der Waals surface area contributed by atoms with Crippen LogP contribution in [-0.4, -0.2) is 51.2 Å². The summed E-state index contributed by atoms with van der Waals surface area (Å²) in [6.45, 7) is -0.255. The Morgan fingerprint density at radius 3 is 2.45 bits per heavy atom. The molecule has 0 saturated heterocycles. The fourth-order valence-electron chi connectivity index (χ4n) is 2.90. The molecule has 0 aliphatic heterocycles. The maximum Gasteiger partial charge on any atom is 0.340 e. The zero-order valence-electron chi connectivity index (χ0n) is 16.6. The molecule has 3 rings (SSSR count). The van der Waals surface area contributed by atoms with E-state index < -0.39 is 33.4 Å². The van der Waals surface area contributed by atoms with Crippen molar-refractivity contribution in [2.24, 2.45) is 0 Å². The Balaban J connectivity index is 1.97. The Bertz CT molecular complexity index is 1250. The number of furan rings is 1. The van der Waals surface area contributed by atoms with Crippen molar-refractivity contribution in [3.8, 4) is 17.1 Å². The molecule has 31 heavy (non-hydrogen) atoms. The van der Waals surface area contributed by atoms with Crippen molar-refractivity contribution < 1.29 is 36.7 Å². The van der Waals surface area contributed by atoms with Gasteiger partial charge < -0.3 is 24.9 Å². The molecule has 1 amide bonds. The van der Waals surface area contributed by atoms with E-state index in [4.69, 9.17) is 9.15 Å². The summed E-state index contributed by atoms with van der Waals surface area (Å²) in [5, 5.41) is 15.0. The molecule has 9 nitrogen and oxygen atoms in total. The Labute approximate surface area is 176 Å². The predicted molar refractivity (Wildman–Crippen MR) is 111 cm³/mol. The summed E-state index contributed by atoms with van der Waals surface area (Å²) in [4.78, 5) is 23.8. The van der Waals surface area contributed by atoms with Crippen LogP contribution in [0.4, 0.5) is 10.1 Å². The Hall–Kier alpha value is -3.60. The summed E-state index contributed by atoms with van der Waals surface area (Å²) in [5.74, 6) is -2.47. The second-order valence-electron chi connectivity index (χ2n) is 6.69. The van der Waals surface area contributed by atoms with Crippen LogP contribution in [-0.2, 0) is 14.6 Å². The zero-order chi connectivity index (χ0) is 22.8. The van der Waals surface area contributed by atoms with Gasteiger partial charge in [-0.15, -0.1) is 0 Å². The first-order valence-electron chi connectivity index (χ1n) is 8.91. The van der Waals surface area contributed by atoms with Crippen molar-refractivity contribution in [3.05, 3.63) is 47.8 Å². The summed E-state index contributed by atoms with van der Waals surface area (Å²) in [7, 11) is -1.99. The van der Waals surface area contributed by atoms with E-state index in [2.05, 4.69) is 10.6 Å². The molecule has 1 heterocycles. The summed E-state index contributed by atoms with van der Waals surface area (Å²) in [5.41, 5.74) is 0.804. The molecule has 3 aromatic rings. The van der Waals surface area contributed by atoms with Crippen LogP contribution < -0.4 is 15.4 Å². The molecule has 164 valence electrons. The van der Waals surface area contributed by atoms with E-state index in [0.29, 0.717) is 11.3 Å². The lowest BCUT2D eigenvalue weighted by Gasteiger charge is -2.11. The lowest BCUT2D eigenvalue weighted by Crippen LogP contribution is -2.33. The average molecular weight is 450 g/mol. The number of carboxylic acids is 1. The Morgan fingerprint density at radius 2 is 1.87 bits per heavy atom. The highest BCUT2D eigenvalue weighted by atomic mass is 32.2. The van der Waals surface area contributed by atoms with Crippen LogP contribution in [0.5, 0.6) is 5.75 Å². The van der Waals surface area contributed by atoms with Crippen LogP contribution in [0.1, 0.15) is 10.4 Å². The predicted octanol–water partition coefficient (Wildman–Crippen LogP) is 2.48. The fourth-order valence-corrected chi connectivity index (χ4v) is 3.32. The molecule has 0 radical (unpaired) electrons. The number of carboxylic acid groups (broad SMARTS) is 1. The van der Waals surface area contributed by atoms with Crippen molar-refractivity contribution in [1.82, 2.24) is 5.32 Å². The number of carbonyl (C=O) groups is 2. The zero-order valence-corrected chi connectivity index (χ0v) is 17.4. The molecule has 0 fully saturated rings. The third-order valence-electron chi connectivity index (χ3n) is 4.30. The van der Waals surface area contributed by atoms with Crippen molar-refractivity contribution in [1.29, 1.82) is 0 Å². The number of halogens is 1. The molecular formula is C20H19FN2O7S. The molecule has 0 aliphatic rings. The van der Waals surface area contributed by atoms with Crippen molar-refractivity contribution in [2.75, 3.05) is 31.1 Å². The summed E-state index contributed by atoms with van der Waals surface area (Å²) in [6, 6.07) is 8.11. The van der Waals surface area contributed by atoms with E-state index in [1.165, 1.54) is 43.5 Å². The number of ether oxygens (including phenoxy) is 1. The van der Waals surface area contributed by atoms with Crippen LogP contribution >= 0.6 is 0 Å². The topological polar surface area (TPSA) is 135 Å². The van der Waals surface area contributed by atoms with Crippen molar-refractivity contribution >= 4 is 38.4 Å². The highest BCUT2D eigenvalue weighted by Crippen LogP contribution is 2.39. The number of fused-ring (bicyclic) bond motifs is 1. The van der Waals surface area contributed by atoms with Gasteiger partial charge in [0, 0.05) is 23.3 Å². The van der Waals surface area contributed by atoms with E-state index in [1.54, 1.807) is 0 Å². The van der Waals surface area contributed by atoms with Gasteiger partial charge in [0.1, 0.15) is 34.4 Å². The van der Waals surface area contributed by atoms with E-state index in [9.17, 15) is 27.5 Å². The van der Waals surface area contributed by atoms with Gasteiger partial charge in [0.05, 0.1) is 19.3 Å². The standard InChI is InChI=1S/C20H19FN2O7S/c1-29-16-7-13-15(8-14(16)22-9-17(24)23-10-31(2,27)28)30-19(18(13)20(25)26)11-3-5-12(21)6-4-11/h3-8,22H,9-10H2,1-2H3,(H,23,24)(H,25,26). The monoisotopic (exact) mass is 450 g/mol. The van der Waals surface area contributed by atoms with Crippen LogP contribution in [0.25, 0.3) is 22.3 Å². The minimum atomic E-state index is -3.36. The molecule has 0 aliphatic carbocycles. The number of hydrogen-bond donors (Lipinski definition) is 3. The molecular weight excluding hydrogens is 431 g/mol. The average Bonchev–Trinajstić information content (AvgIpc) is 3.08. The number of benzene rings is 2. The Kier molecular flexibility index (Phi) is 6.16. The molecule has 0 saturated carbocycles. The third kappa shape index (κ3) is 5.12. The van der Waals surface area contributed by atoms with Crippen LogP contribution in [0, 0.1) is 5.82 Å². The third-order valence-corrected chi connectivity index (χ3v) is 4.97. The van der Waals surface area contributed by atoms with Gasteiger partial charge in [-0.05, 0) is 30.3 Å². The molecule has 2 aromatic carbocycles. The van der Waals surface area contributed by atoms with E-state index in [-0.39, 0.29) is 34.6 Å². The van der Waals surface area contributed by atoms with Gasteiger partial charge in [-0.25, -0.2) is 17.6 Å². The lowest BCUT2D eigenvalue weighted by atomic mass is 10.0. The number of sulfone groups is 1. The van der Waals surface area contributed by atoms with Gasteiger partial charge in [0.2, 0.25) is 5.91 Å². The SMILES string of the molecule is COc1cc2c(C(=O)O)c(-c3ccc(F)cc3)oc2cc1NCC(=O)NCS(C)(=O)=O. The number of anilines is 1. The van der Waals surface area contributed by atoms with Crippen molar-refractivity contribution in [3.63, 3.8) is 0 Å². The minimum Gasteiger partial charge on any atom is -0.495 e. The van der Waals surface area contributed by atoms with Crippen LogP contribution in [0.2, 0.25) is 0 Å². The number of methoxy groups -OCH3 is 1. The maximum atomic E-state index is 13.3. The largest absolute Gasteiger partial charge is 0.495 e. The highest BCUT2D eigenvalue weighted by molar-refractivity contribution is 7.90. The number of aromatic carboxylic acids is 1. The lowest BCUT2D eigenvalue weighted by molar-refractivity contribution is -0.119. The summed E-state index contributed by atoms with van der Waals surface area (Å²) in [6.07, 6.45) is 0.993. The van der Waals surface area contributed by atoms with Gasteiger partial charge in [0.25, 0.3) is 0 Å². The second-order valence-corrected chi connectivity index (χ2v) is 8.83. The van der Waals surface area contributed by atoms with Crippen molar-refractivity contribution in [2.45, 2.75) is 0 Å². The molecule has 11 heteroatoms. The first kappa shape index (κ1) is 22.1. The minimum absolute atomic E-state index is 0.0487. The number of hydrogen-bond acceptors (Lipinski definition) is 7. The van der Waals surface area contributed by atoms with E-state index in [0.717, 1.165) is 6.26 Å². The quantitative estimate of drug-likeness (QED) is 0.476. The molecule has 0 spiro atoms. The van der Waals surface area contributed by atoms with Gasteiger partial charge in [-0.2, -0.15) is 0 Å². The van der Waals surface area contributed by atoms with Crippen LogP contribution in [0.15, 0.2) is 40.8 Å². The van der Waals surface area contributed by atoms with Gasteiger partial charge in [-0.1, -0.05) is 0 Å². The van der Waals surface area contributed by atoms with Crippen LogP contribution in [0.3, 0.4) is 0 Å². The van der Waals surface area contributed by atoms with Gasteiger partial charge >= 0.3 is 5.97 Å². The summed E-state index contributed by atoms with van der Waals surface area (Å²) >= 11 is 0. The fraction of sp³-hybridized carbons (Fsp3) is 0.200. The van der Waals surface area contributed by atoms with Gasteiger partial charge in [-0.3, -0.25) is 4.79 Å². The first-order chi connectivity index (χ1) is 14.6. The molecule has 3 N–H and O–H groups in total. The van der Waals surface area contributed by atoms with E-state index >= 15 is 0 Å². The molecule has 0 unspecified atom stereocenters. The smallest absolute Gasteiger partial charge is 0.340 e. The second kappa shape index (κ2) is 8.64. The van der Waals surface area contributed by atoms with Gasteiger partial charge in [0.15, 0.2) is 9.84 Å². The number of nitrogens with one attached hydrogen (secondary N) is 2. The molecule has 0 bridgehead atoms. The first-order valence-corrected chi connectivity index (χ1v) is 11.0. The number of rotatable bonds is 8. The van der Waals surface area contributed by atoms with E-state index in [1.807, 2.05) is 0 Å². The maximum absolute atomic E-state index is 13.3. The normalized spacial score (nSPS) is 11.3. The molecule has 1 aromatic heterocycles. The molecule has 0 atom stereocenters. The number of amides is 1. The summed E-state index contributed by atoms with van der Waals surface area (Å²) < 4.78 is 46.6. The highest BCUT2D eigenvalue weighted by Gasteiger charge is 2.23. The number of carbonyl (C=O) groups excluding carboxylic acids is 1.